The number of primary amides is 1. The van der Waals surface area contributed by atoms with Crippen molar-refractivity contribution in [2.75, 3.05) is 6.54 Å². The van der Waals surface area contributed by atoms with Crippen molar-refractivity contribution in [1.82, 2.24) is 25.9 Å². The number of nitrogens with zero attached hydrogens (tertiary/aromatic N) is 2. The summed E-state index contributed by atoms with van der Waals surface area (Å²) in [4.78, 5) is 63.0. The number of hydrogen-bond donors (Lipinski definition) is 7. The van der Waals surface area contributed by atoms with Crippen molar-refractivity contribution in [2.24, 2.45) is 22.2 Å². The Morgan fingerprint density at radius 3 is 1.98 bits per heavy atom. The van der Waals surface area contributed by atoms with Gasteiger partial charge in [-0.3, -0.25) is 24.2 Å². The molecule has 3 rings (SSSR count). The van der Waals surface area contributed by atoms with E-state index in [1.165, 1.54) is 6.33 Å². The molecule has 10 N–H and O–H groups in total. The monoisotopic (exact) mass is 603 g/mol. The van der Waals surface area contributed by atoms with Gasteiger partial charge in [0.1, 0.15) is 18.1 Å². The highest BCUT2D eigenvalue weighted by Gasteiger charge is 2.29. The van der Waals surface area contributed by atoms with Gasteiger partial charge in [0.15, 0.2) is 5.96 Å². The highest BCUT2D eigenvalue weighted by Crippen LogP contribution is 2.09. The fraction of sp³-hybridized carbons (Fsp3) is 0.355. The number of carbonyl (C=O) groups is 4. The molecule has 0 fully saturated rings. The van der Waals surface area contributed by atoms with Gasteiger partial charge in [0.2, 0.25) is 23.6 Å². The molecule has 0 unspecified atom stereocenters. The lowest BCUT2D eigenvalue weighted by atomic mass is 10.0. The number of aliphatic imine (C=N–C) groups is 1. The van der Waals surface area contributed by atoms with Crippen molar-refractivity contribution in [3.8, 4) is 0 Å². The minimum absolute atomic E-state index is 0.0803. The van der Waals surface area contributed by atoms with Crippen LogP contribution in [0.4, 0.5) is 0 Å². The molecule has 3 atom stereocenters. The fourth-order valence-electron chi connectivity index (χ4n) is 4.58. The molecule has 0 aliphatic heterocycles. The molecule has 1 heterocycles. The van der Waals surface area contributed by atoms with Crippen molar-refractivity contribution in [3.63, 3.8) is 0 Å². The number of aromatic nitrogens is 2. The maximum absolute atomic E-state index is 13.6. The van der Waals surface area contributed by atoms with Gasteiger partial charge in [-0.15, -0.1) is 0 Å². The number of nitrogens with two attached hydrogens (primary N) is 3. The number of carbonyl (C=O) groups excluding carboxylic acids is 4. The van der Waals surface area contributed by atoms with Crippen LogP contribution in [0.3, 0.4) is 0 Å². The first kappa shape index (κ1) is 33.3. The van der Waals surface area contributed by atoms with Gasteiger partial charge in [0.05, 0.1) is 6.33 Å². The van der Waals surface area contributed by atoms with E-state index in [4.69, 9.17) is 17.2 Å². The molecule has 1 aromatic heterocycles. The minimum Gasteiger partial charge on any atom is -0.370 e. The summed E-state index contributed by atoms with van der Waals surface area (Å²) in [5, 5.41) is 8.26. The van der Waals surface area contributed by atoms with Crippen molar-refractivity contribution in [1.29, 1.82) is 0 Å². The van der Waals surface area contributed by atoms with Crippen molar-refractivity contribution < 1.29 is 19.2 Å². The third-order valence-electron chi connectivity index (χ3n) is 6.86. The van der Waals surface area contributed by atoms with E-state index in [2.05, 4.69) is 30.9 Å². The highest BCUT2D eigenvalue weighted by atomic mass is 16.2. The van der Waals surface area contributed by atoms with E-state index in [-0.39, 0.29) is 44.1 Å². The second-order valence-corrected chi connectivity index (χ2v) is 10.4. The molecule has 0 aliphatic carbocycles. The van der Waals surface area contributed by atoms with Gasteiger partial charge in [0, 0.05) is 37.7 Å². The Morgan fingerprint density at radius 2 is 1.39 bits per heavy atom. The number of H-pyrrole nitrogens is 1. The highest BCUT2D eigenvalue weighted by molar-refractivity contribution is 5.94. The molecule has 4 amide bonds. The average Bonchev–Trinajstić information content (AvgIpc) is 3.52. The molecule has 13 heteroatoms. The molecule has 3 aromatic rings. The maximum atomic E-state index is 13.6. The minimum atomic E-state index is -1.07. The molecule has 0 bridgehead atoms. The lowest BCUT2D eigenvalue weighted by Crippen LogP contribution is -2.57. The van der Waals surface area contributed by atoms with Gasteiger partial charge >= 0.3 is 0 Å². The number of nitrogens with one attached hydrogen (secondary N) is 4. The summed E-state index contributed by atoms with van der Waals surface area (Å²) in [5.41, 5.74) is 18.8. The average molecular weight is 604 g/mol. The van der Waals surface area contributed by atoms with Gasteiger partial charge in [-0.05, 0) is 36.8 Å². The van der Waals surface area contributed by atoms with Crippen molar-refractivity contribution in [2.45, 2.75) is 63.1 Å². The van der Waals surface area contributed by atoms with Crippen molar-refractivity contribution in [3.05, 3.63) is 90.0 Å². The van der Waals surface area contributed by atoms with Crippen LogP contribution in [0.15, 0.2) is 78.2 Å². The molecule has 2 aromatic carbocycles. The zero-order valence-corrected chi connectivity index (χ0v) is 24.6. The second kappa shape index (κ2) is 17.7. The summed E-state index contributed by atoms with van der Waals surface area (Å²) in [6.45, 7) is 0.256. The normalized spacial score (nSPS) is 12.7. The largest absolute Gasteiger partial charge is 0.370 e. The maximum Gasteiger partial charge on any atom is 0.243 e. The van der Waals surface area contributed by atoms with Crippen LogP contribution in [-0.2, 0) is 38.4 Å². The lowest BCUT2D eigenvalue weighted by molar-refractivity contribution is -0.133. The van der Waals surface area contributed by atoms with Crippen LogP contribution in [-0.4, -0.2) is 64.2 Å². The van der Waals surface area contributed by atoms with Crippen molar-refractivity contribution >= 4 is 29.6 Å². The molecule has 0 radical (unpaired) electrons. The number of imidazole rings is 1. The summed E-state index contributed by atoms with van der Waals surface area (Å²) in [6, 6.07) is 15.9. The van der Waals surface area contributed by atoms with Crippen LogP contribution in [0.25, 0.3) is 0 Å². The van der Waals surface area contributed by atoms with Gasteiger partial charge in [-0.25, -0.2) is 4.98 Å². The Kier molecular flexibility index (Phi) is 13.4. The topological polar surface area (TPSA) is 223 Å². The predicted molar refractivity (Wildman–Crippen MR) is 167 cm³/mol. The van der Waals surface area contributed by atoms with E-state index in [0.29, 0.717) is 18.5 Å². The molecule has 0 saturated carbocycles. The standard InChI is InChI=1S/C31H41N9O4/c32-28(42)24(14-8-16-36-31(33)34)39-29(43)25(17-22-11-5-2-6-12-22)40-30(44)26(18-23-19-35-20-37-23)38-27(41)15-7-13-21-9-3-1-4-10-21/h1-6,9-12,19-20,24-26H,7-8,13-18H2,(H2,32,42)(H,35,37)(H,38,41)(H,39,43)(H,40,44)(H4,33,34,36)/t24-,25+,26-/m0/s1. The number of rotatable bonds is 18. The third-order valence-corrected chi connectivity index (χ3v) is 6.86. The van der Waals surface area contributed by atoms with Gasteiger partial charge < -0.3 is 38.1 Å². The lowest BCUT2D eigenvalue weighted by Gasteiger charge is -2.25. The first-order chi connectivity index (χ1) is 21.2. The summed E-state index contributed by atoms with van der Waals surface area (Å²) in [6.07, 6.45) is 5.45. The number of amides is 4. The van der Waals surface area contributed by atoms with E-state index < -0.39 is 35.8 Å². The summed E-state index contributed by atoms with van der Waals surface area (Å²) in [5.74, 6) is -2.26. The smallest absolute Gasteiger partial charge is 0.243 e. The Balaban J connectivity index is 1.71. The SMILES string of the molecule is NC(=O)[C@H](CCCN=C(N)N)NC(=O)[C@@H](Cc1ccccc1)NC(=O)[C@H](Cc1cnc[nH]1)NC(=O)CCCc1ccccc1. The Hall–Kier alpha value is -5.20. The van der Waals surface area contributed by atoms with Crippen LogP contribution in [0, 0.1) is 0 Å². The predicted octanol–water partition coefficient (Wildman–Crippen LogP) is 0.211. The van der Waals surface area contributed by atoms with E-state index in [0.717, 1.165) is 17.5 Å². The first-order valence-electron chi connectivity index (χ1n) is 14.5. The van der Waals surface area contributed by atoms with Gasteiger partial charge in [-0.1, -0.05) is 60.7 Å². The molecule has 0 spiro atoms. The fourth-order valence-corrected chi connectivity index (χ4v) is 4.58. The molecule has 0 aliphatic rings. The summed E-state index contributed by atoms with van der Waals surface area (Å²) >= 11 is 0. The number of benzene rings is 2. The third kappa shape index (κ3) is 12.0. The second-order valence-electron chi connectivity index (χ2n) is 10.4. The number of hydrogen-bond acceptors (Lipinski definition) is 6. The Labute approximate surface area is 256 Å². The summed E-state index contributed by atoms with van der Waals surface area (Å²) < 4.78 is 0. The van der Waals surface area contributed by atoms with Gasteiger partial charge in [0.25, 0.3) is 0 Å². The molecule has 0 saturated heterocycles. The van der Waals surface area contributed by atoms with E-state index in [1.807, 2.05) is 60.7 Å². The molecular weight excluding hydrogens is 562 g/mol. The number of aryl methyl sites for hydroxylation is 1. The quantitative estimate of drug-likeness (QED) is 0.0607. The van der Waals surface area contributed by atoms with E-state index >= 15 is 0 Å². The number of guanidine groups is 1. The van der Waals surface area contributed by atoms with E-state index in [1.54, 1.807) is 6.20 Å². The van der Waals surface area contributed by atoms with E-state index in [9.17, 15) is 19.2 Å². The molecular formula is C31H41N9O4. The van der Waals surface area contributed by atoms with Crippen LogP contribution < -0.4 is 33.2 Å². The van der Waals surface area contributed by atoms with Gasteiger partial charge in [-0.2, -0.15) is 0 Å². The Morgan fingerprint density at radius 1 is 0.773 bits per heavy atom. The Bertz CT molecular complexity index is 1360. The van der Waals surface area contributed by atoms with Crippen LogP contribution in [0.1, 0.15) is 42.5 Å². The van der Waals surface area contributed by atoms with Crippen LogP contribution >= 0.6 is 0 Å². The zero-order valence-electron chi connectivity index (χ0n) is 24.6. The molecule has 44 heavy (non-hydrogen) atoms. The molecule has 234 valence electrons. The van der Waals surface area contributed by atoms with Crippen LogP contribution in [0.2, 0.25) is 0 Å². The number of aromatic amines is 1. The van der Waals surface area contributed by atoms with Crippen LogP contribution in [0.5, 0.6) is 0 Å². The zero-order chi connectivity index (χ0) is 31.7. The molecule has 13 nitrogen and oxygen atoms in total. The summed E-state index contributed by atoms with van der Waals surface area (Å²) in [7, 11) is 0. The first-order valence-corrected chi connectivity index (χ1v) is 14.5.